The van der Waals surface area contributed by atoms with Crippen LogP contribution in [0.25, 0.3) is 0 Å². The minimum absolute atomic E-state index is 0.0109. The van der Waals surface area contributed by atoms with E-state index in [0.717, 1.165) is 55.3 Å². The van der Waals surface area contributed by atoms with Gasteiger partial charge in [0.15, 0.2) is 11.5 Å². The Balaban J connectivity index is 1.23. The van der Waals surface area contributed by atoms with Crippen LogP contribution in [-0.2, 0) is 6.42 Å². The Morgan fingerprint density at radius 1 is 1.13 bits per heavy atom. The maximum absolute atomic E-state index is 11.7. The first-order valence-electron chi connectivity index (χ1n) is 17.2. The number of aromatic hydroxyl groups is 1. The molecule has 6 rings (SSSR count). The molecule has 2 bridgehead atoms. The fraction of sp³-hybridized carbons (Fsp3) is 0.513. The molecule has 3 aromatic rings. The molecule has 8 nitrogen and oxygen atoms in total. The predicted octanol–water partition coefficient (Wildman–Crippen LogP) is 5.47. The second-order valence-electron chi connectivity index (χ2n) is 13.9. The van der Waals surface area contributed by atoms with Crippen LogP contribution in [0.3, 0.4) is 0 Å². The standard InChI is InChI=1S/C39H48N3O5/c1-2-39-14-3-5-26(12-16-39)38(46)37-25(11-15-39)7-8-27(21-34(37)45)28-9-10-33(44)35(22-28)47-32(24-43)20-30(19-31-6-4-17-41-31)29-13-18-42-36(40)23-29/h4,6-10,13,17-18,22-23,25-27,30,32,34,37-38,43-46H,2-3,5,12,14,16,19-21,24H2,1H3,(H2,40,42)/q-1/t25-,26-,27-,30-,32-,34+,37-,38-,39-/m0/s1. The molecule has 3 aliphatic carbocycles. The van der Waals surface area contributed by atoms with Crippen molar-refractivity contribution < 1.29 is 25.2 Å². The van der Waals surface area contributed by atoms with Crippen molar-refractivity contribution in [1.29, 1.82) is 0 Å². The van der Waals surface area contributed by atoms with Crippen LogP contribution in [0.2, 0.25) is 0 Å². The van der Waals surface area contributed by atoms with Gasteiger partial charge in [-0.15, -0.1) is 0 Å². The molecule has 47 heavy (non-hydrogen) atoms. The first-order chi connectivity index (χ1) is 22.8. The quantitative estimate of drug-likeness (QED) is 0.145. The zero-order chi connectivity index (χ0) is 33.0. The summed E-state index contributed by atoms with van der Waals surface area (Å²) >= 11 is 0. The third-order valence-corrected chi connectivity index (χ3v) is 11.0. The SMILES string of the molecule is CC[C@@]12C#C[C@@H]3C=C[C@H](c4ccc(O)c(O[C@H](CO)C[C@H](Cc5ccc[n-]5)c5ccnc(N)c5)c4)C[C@@H](O)[C@H]3[C@@H](O)[C@@H](CCC1)CC2. The van der Waals surface area contributed by atoms with E-state index >= 15 is 0 Å². The average Bonchev–Trinajstić information content (AvgIpc) is 3.43. The molecule has 250 valence electrons. The van der Waals surface area contributed by atoms with Crippen LogP contribution >= 0.6 is 0 Å². The Labute approximate surface area is 278 Å². The normalized spacial score (nSPS) is 30.0. The van der Waals surface area contributed by atoms with Gasteiger partial charge >= 0.3 is 0 Å². The Bertz CT molecular complexity index is 1580. The largest absolute Gasteiger partial charge is 0.668 e. The number of hydrogen-bond acceptors (Lipinski definition) is 7. The summed E-state index contributed by atoms with van der Waals surface area (Å²) in [6.07, 6.45) is 13.2. The molecular formula is C39H48N3O5-. The van der Waals surface area contributed by atoms with E-state index in [-0.39, 0.29) is 53.1 Å². The van der Waals surface area contributed by atoms with Gasteiger partial charge in [-0.2, -0.15) is 11.9 Å². The summed E-state index contributed by atoms with van der Waals surface area (Å²) in [5, 5.41) is 44.6. The Morgan fingerprint density at radius 2 is 2.00 bits per heavy atom. The minimum Gasteiger partial charge on any atom is -0.668 e. The Morgan fingerprint density at radius 3 is 2.77 bits per heavy atom. The third-order valence-electron chi connectivity index (χ3n) is 11.0. The fourth-order valence-corrected chi connectivity index (χ4v) is 8.12. The number of pyridine rings is 1. The lowest BCUT2D eigenvalue weighted by Gasteiger charge is -2.34. The number of benzene rings is 1. The summed E-state index contributed by atoms with van der Waals surface area (Å²) in [5.41, 5.74) is 8.77. The van der Waals surface area contributed by atoms with Gasteiger partial charge in [0.2, 0.25) is 0 Å². The maximum Gasteiger partial charge on any atom is 0.161 e. The van der Waals surface area contributed by atoms with Crippen molar-refractivity contribution in [3.8, 4) is 23.3 Å². The van der Waals surface area contributed by atoms with Crippen molar-refractivity contribution in [3.05, 3.63) is 83.8 Å². The van der Waals surface area contributed by atoms with E-state index in [2.05, 4.69) is 40.9 Å². The molecule has 6 N–H and O–H groups in total. The number of nitrogens with zero attached hydrogens (tertiary/aromatic N) is 2. The number of aliphatic hydroxyl groups excluding tert-OH is 3. The van der Waals surface area contributed by atoms with Gasteiger partial charge in [0.05, 0.1) is 18.8 Å². The number of rotatable bonds is 10. The van der Waals surface area contributed by atoms with Crippen LogP contribution in [0.1, 0.15) is 86.9 Å². The number of nitrogen functional groups attached to an aromatic ring is 1. The van der Waals surface area contributed by atoms with E-state index < -0.39 is 18.3 Å². The van der Waals surface area contributed by atoms with Crippen LogP contribution in [0, 0.1) is 35.0 Å². The lowest BCUT2D eigenvalue weighted by molar-refractivity contribution is -0.0344. The van der Waals surface area contributed by atoms with E-state index in [9.17, 15) is 20.4 Å². The summed E-state index contributed by atoms with van der Waals surface area (Å²) < 4.78 is 6.30. The van der Waals surface area contributed by atoms with E-state index in [1.165, 1.54) is 0 Å². The molecule has 1 aromatic carbocycles. The predicted molar refractivity (Wildman–Crippen MR) is 182 cm³/mol. The maximum atomic E-state index is 11.7. The molecule has 0 amide bonds. The van der Waals surface area contributed by atoms with Crippen molar-refractivity contribution in [2.45, 2.75) is 94.9 Å². The van der Waals surface area contributed by atoms with Crippen LogP contribution in [0.15, 0.2) is 67.0 Å². The van der Waals surface area contributed by atoms with Gasteiger partial charge < -0.3 is 35.9 Å². The molecule has 8 heteroatoms. The van der Waals surface area contributed by atoms with Gasteiger partial charge in [-0.25, -0.2) is 4.98 Å². The smallest absolute Gasteiger partial charge is 0.161 e. The summed E-state index contributed by atoms with van der Waals surface area (Å²) in [5.74, 6) is 7.17. The zero-order valence-electron chi connectivity index (χ0n) is 27.2. The van der Waals surface area contributed by atoms with Gasteiger partial charge in [0, 0.05) is 29.4 Å². The first-order valence-corrected chi connectivity index (χ1v) is 17.2. The number of anilines is 1. The van der Waals surface area contributed by atoms with Crippen LogP contribution in [0.4, 0.5) is 5.82 Å². The van der Waals surface area contributed by atoms with Crippen molar-refractivity contribution in [1.82, 2.24) is 9.97 Å². The number of allylic oxidation sites excluding steroid dienone is 2. The fourth-order valence-electron chi connectivity index (χ4n) is 8.12. The molecule has 2 aromatic heterocycles. The topological polar surface area (TPSA) is 143 Å². The van der Waals surface area contributed by atoms with Crippen LogP contribution in [0.5, 0.6) is 11.5 Å². The number of nitrogens with two attached hydrogens (primary N) is 1. The molecule has 9 atom stereocenters. The van der Waals surface area contributed by atoms with Gasteiger partial charge in [0.25, 0.3) is 0 Å². The van der Waals surface area contributed by atoms with Crippen molar-refractivity contribution in [3.63, 3.8) is 0 Å². The number of aromatic nitrogens is 2. The molecule has 1 saturated carbocycles. The average molecular weight is 639 g/mol. The lowest BCUT2D eigenvalue weighted by Crippen LogP contribution is -2.40. The third kappa shape index (κ3) is 7.54. The highest BCUT2D eigenvalue weighted by molar-refractivity contribution is 5.44. The number of ether oxygens (including phenoxy) is 1. The Hall–Kier alpha value is -3.77. The molecule has 3 aliphatic rings. The number of aliphatic hydroxyl groups is 3. The summed E-state index contributed by atoms with van der Waals surface area (Å²) in [4.78, 5) is 8.57. The second-order valence-corrected chi connectivity index (χ2v) is 13.9. The number of fused-ring (bicyclic) bond motifs is 4. The van der Waals surface area contributed by atoms with Crippen molar-refractivity contribution in [2.24, 2.45) is 23.2 Å². The molecule has 0 aliphatic heterocycles. The van der Waals surface area contributed by atoms with E-state index in [1.807, 2.05) is 30.3 Å². The molecule has 2 heterocycles. The highest BCUT2D eigenvalue weighted by Crippen LogP contribution is 2.46. The molecular weight excluding hydrogens is 590 g/mol. The number of phenolic OH excluding ortho intramolecular Hbond substituents is 1. The summed E-state index contributed by atoms with van der Waals surface area (Å²) in [7, 11) is 0. The molecule has 0 saturated heterocycles. The lowest BCUT2D eigenvalue weighted by atomic mass is 9.76. The monoisotopic (exact) mass is 638 g/mol. The molecule has 0 radical (unpaired) electrons. The van der Waals surface area contributed by atoms with Gasteiger partial charge in [-0.1, -0.05) is 55.5 Å². The van der Waals surface area contributed by atoms with E-state index in [0.29, 0.717) is 25.1 Å². The molecule has 1 fully saturated rings. The van der Waals surface area contributed by atoms with E-state index in [1.54, 1.807) is 24.5 Å². The van der Waals surface area contributed by atoms with Gasteiger partial charge in [-0.05, 0) is 98.6 Å². The highest BCUT2D eigenvalue weighted by atomic mass is 16.5. The Kier molecular flexibility index (Phi) is 10.3. The van der Waals surface area contributed by atoms with Crippen LogP contribution < -0.4 is 15.5 Å². The first kappa shape index (κ1) is 33.1. The highest BCUT2D eigenvalue weighted by Gasteiger charge is 2.42. The summed E-state index contributed by atoms with van der Waals surface area (Å²) in [6, 6.07) is 12.9. The minimum atomic E-state index is -0.748. The summed E-state index contributed by atoms with van der Waals surface area (Å²) in [6.45, 7) is 1.97. The van der Waals surface area contributed by atoms with E-state index in [4.69, 9.17) is 10.5 Å². The number of phenols is 1. The molecule has 0 unspecified atom stereocenters. The van der Waals surface area contributed by atoms with Crippen molar-refractivity contribution in [2.75, 3.05) is 12.3 Å². The van der Waals surface area contributed by atoms with Gasteiger partial charge in [-0.3, -0.25) is 0 Å². The number of hydrogen-bond donors (Lipinski definition) is 5. The zero-order valence-corrected chi connectivity index (χ0v) is 27.2. The van der Waals surface area contributed by atoms with Crippen LogP contribution in [-0.4, -0.2) is 50.3 Å². The van der Waals surface area contributed by atoms with Crippen molar-refractivity contribution >= 4 is 5.82 Å². The second kappa shape index (κ2) is 14.6. The molecule has 0 spiro atoms. The van der Waals surface area contributed by atoms with Gasteiger partial charge in [0.1, 0.15) is 11.9 Å².